The molecule has 4 aliphatic rings. The number of carboxylic acids is 1. The number of aliphatic hydroxyl groups excluding tert-OH is 1. The molecular weight excluding hydrogens is 540 g/mol. The van der Waals surface area contributed by atoms with E-state index in [4.69, 9.17) is 24.1 Å². The Morgan fingerprint density at radius 3 is 2.54 bits per heavy atom. The summed E-state index contributed by atoms with van der Waals surface area (Å²) in [4.78, 5) is 48.0. The van der Waals surface area contributed by atoms with Gasteiger partial charge >= 0.3 is 23.9 Å². The summed E-state index contributed by atoms with van der Waals surface area (Å²) in [5, 5.41) is 31.5. The van der Waals surface area contributed by atoms with Crippen molar-refractivity contribution in [2.24, 2.45) is 11.8 Å². The van der Waals surface area contributed by atoms with Gasteiger partial charge in [-0.1, -0.05) is 13.0 Å². The molecular formula is C29H34O12. The van der Waals surface area contributed by atoms with Gasteiger partial charge in [-0.3, -0.25) is 4.79 Å². The molecule has 0 aromatic heterocycles. The van der Waals surface area contributed by atoms with E-state index in [0.29, 0.717) is 24.3 Å². The SMILES string of the molecule is COc1ccc2c3c1O[C@H]1C(OC(=O)[C@@H](O)CC(=O)O[C@@H](C)C(=O)O[C@@H](C)C(=O)O)=CC[C@@]4(O)[C@@H](C2)C(C)CC[C@]314. The van der Waals surface area contributed by atoms with Gasteiger partial charge in [0.05, 0.1) is 24.5 Å². The zero-order valence-electron chi connectivity index (χ0n) is 23.2. The third-order valence-electron chi connectivity index (χ3n) is 9.07. The Bertz CT molecular complexity index is 1320. The number of ether oxygens (including phenoxy) is 5. The van der Waals surface area contributed by atoms with Crippen LogP contribution in [0.5, 0.6) is 11.5 Å². The Hall–Kier alpha value is -3.64. The third kappa shape index (κ3) is 4.44. The van der Waals surface area contributed by atoms with Crippen LogP contribution in [-0.4, -0.2) is 76.3 Å². The van der Waals surface area contributed by atoms with Gasteiger partial charge in [-0.25, -0.2) is 14.4 Å². The first-order valence-electron chi connectivity index (χ1n) is 13.7. The number of carboxylic acid groups (broad SMARTS) is 1. The van der Waals surface area contributed by atoms with Crippen molar-refractivity contribution in [2.45, 2.75) is 88.3 Å². The number of methoxy groups -OCH3 is 1. The number of aliphatic hydroxyl groups is 2. The Morgan fingerprint density at radius 2 is 1.85 bits per heavy atom. The first-order valence-corrected chi connectivity index (χ1v) is 13.7. The Morgan fingerprint density at radius 1 is 1.12 bits per heavy atom. The Balaban J connectivity index is 1.32. The van der Waals surface area contributed by atoms with Crippen molar-refractivity contribution in [2.75, 3.05) is 7.11 Å². The summed E-state index contributed by atoms with van der Waals surface area (Å²) in [6.07, 6.45) is -2.57. The average molecular weight is 575 g/mol. The number of carbonyl (C=O) groups is 4. The molecule has 5 rings (SSSR count). The standard InChI is InChI=1S/C29H34O12/c1-13-7-9-28-22-16-5-6-19(37-4)23(22)41-24(28)20(8-10-29(28,36)17(13)11-16)40-27(35)18(30)12-21(31)38-15(3)26(34)39-14(2)25(32)33/h5-6,8,13-15,17-18,24,30,36H,7,9-12H2,1-4H3,(H,32,33)/t13?,14-,15-,17-,18-,24-,28-,29+/m0/s1. The third-order valence-corrected chi connectivity index (χ3v) is 9.07. The fourth-order valence-corrected chi connectivity index (χ4v) is 7.00. The van der Waals surface area contributed by atoms with Gasteiger partial charge in [0, 0.05) is 5.56 Å². The van der Waals surface area contributed by atoms with Crippen LogP contribution in [0.3, 0.4) is 0 Å². The zero-order valence-corrected chi connectivity index (χ0v) is 23.2. The van der Waals surface area contributed by atoms with E-state index in [1.807, 2.05) is 12.1 Å². The zero-order chi connectivity index (χ0) is 29.9. The van der Waals surface area contributed by atoms with E-state index in [9.17, 15) is 29.4 Å². The van der Waals surface area contributed by atoms with Crippen LogP contribution < -0.4 is 9.47 Å². The number of rotatable bonds is 9. The van der Waals surface area contributed by atoms with E-state index >= 15 is 0 Å². The first kappa shape index (κ1) is 28.9. The van der Waals surface area contributed by atoms with Crippen LogP contribution in [0.1, 0.15) is 57.6 Å². The van der Waals surface area contributed by atoms with Crippen LogP contribution in [0.4, 0.5) is 0 Å². The topological polar surface area (TPSA) is 175 Å². The summed E-state index contributed by atoms with van der Waals surface area (Å²) in [6.45, 7) is 4.45. The van der Waals surface area contributed by atoms with Crippen molar-refractivity contribution in [1.82, 2.24) is 0 Å². The van der Waals surface area contributed by atoms with Crippen LogP contribution in [-0.2, 0) is 45.2 Å². The minimum Gasteiger partial charge on any atom is -0.493 e. The van der Waals surface area contributed by atoms with Gasteiger partial charge in [-0.2, -0.15) is 0 Å². The normalized spacial score (nSPS) is 30.9. The minimum absolute atomic E-state index is 0.0322. The van der Waals surface area contributed by atoms with E-state index in [2.05, 4.69) is 11.7 Å². The molecule has 3 N–H and O–H groups in total. The van der Waals surface area contributed by atoms with Gasteiger partial charge in [0.1, 0.15) is 5.76 Å². The molecule has 41 heavy (non-hydrogen) atoms. The fraction of sp³-hybridized carbons (Fsp3) is 0.586. The summed E-state index contributed by atoms with van der Waals surface area (Å²) in [6, 6.07) is 3.82. The van der Waals surface area contributed by atoms with E-state index in [1.165, 1.54) is 14.0 Å². The lowest BCUT2D eigenvalue weighted by molar-refractivity contribution is -0.178. The molecule has 1 spiro atoms. The van der Waals surface area contributed by atoms with E-state index in [-0.39, 0.29) is 24.0 Å². The molecule has 2 bridgehead atoms. The number of carbonyl (C=O) groups excluding carboxylic acids is 3. The molecule has 1 aliphatic heterocycles. The second-order valence-electron chi connectivity index (χ2n) is 11.4. The maximum atomic E-state index is 12.9. The van der Waals surface area contributed by atoms with E-state index in [1.54, 1.807) is 6.08 Å². The number of hydrogen-bond acceptors (Lipinski definition) is 11. The van der Waals surface area contributed by atoms with E-state index in [0.717, 1.165) is 24.5 Å². The molecule has 1 saturated carbocycles. The van der Waals surface area contributed by atoms with Crippen molar-refractivity contribution in [3.63, 3.8) is 0 Å². The molecule has 1 heterocycles. The summed E-state index contributed by atoms with van der Waals surface area (Å²) in [7, 11) is 1.53. The van der Waals surface area contributed by atoms with Crippen LogP contribution >= 0.6 is 0 Å². The van der Waals surface area contributed by atoms with Crippen molar-refractivity contribution in [1.29, 1.82) is 0 Å². The highest BCUT2D eigenvalue weighted by molar-refractivity contribution is 5.85. The van der Waals surface area contributed by atoms with Gasteiger partial charge in [-0.15, -0.1) is 0 Å². The second kappa shape index (κ2) is 10.3. The fourth-order valence-electron chi connectivity index (χ4n) is 7.00. The first-order chi connectivity index (χ1) is 19.3. The molecule has 3 aliphatic carbocycles. The molecule has 0 amide bonds. The lowest BCUT2D eigenvalue weighted by Crippen LogP contribution is -2.69. The summed E-state index contributed by atoms with van der Waals surface area (Å²) >= 11 is 0. The molecule has 1 fully saturated rings. The second-order valence-corrected chi connectivity index (χ2v) is 11.4. The maximum absolute atomic E-state index is 12.9. The number of hydrogen-bond donors (Lipinski definition) is 3. The summed E-state index contributed by atoms with van der Waals surface area (Å²) < 4.78 is 27.1. The predicted molar refractivity (Wildman–Crippen MR) is 138 cm³/mol. The van der Waals surface area contributed by atoms with Gasteiger partial charge < -0.3 is 39.0 Å². The quantitative estimate of drug-likeness (QED) is 0.287. The van der Waals surface area contributed by atoms with Crippen LogP contribution in [0.25, 0.3) is 0 Å². The highest BCUT2D eigenvalue weighted by Gasteiger charge is 2.72. The number of esters is 3. The van der Waals surface area contributed by atoms with Gasteiger partial charge in [0.2, 0.25) is 0 Å². The minimum atomic E-state index is -1.93. The lowest BCUT2D eigenvalue weighted by atomic mass is 9.45. The van der Waals surface area contributed by atoms with Gasteiger partial charge in [0.25, 0.3) is 0 Å². The van der Waals surface area contributed by atoms with Crippen LogP contribution in [0, 0.1) is 11.8 Å². The van der Waals surface area contributed by atoms with Crippen molar-refractivity contribution in [3.05, 3.63) is 35.1 Å². The molecule has 1 aromatic rings. The molecule has 0 saturated heterocycles. The molecule has 1 unspecified atom stereocenters. The smallest absolute Gasteiger partial charge is 0.347 e. The summed E-state index contributed by atoms with van der Waals surface area (Å²) in [5.41, 5.74) is -0.0819. The monoisotopic (exact) mass is 574 g/mol. The highest BCUT2D eigenvalue weighted by atomic mass is 16.6. The van der Waals surface area contributed by atoms with Crippen molar-refractivity contribution >= 4 is 23.9 Å². The van der Waals surface area contributed by atoms with Crippen LogP contribution in [0.2, 0.25) is 0 Å². The van der Waals surface area contributed by atoms with Crippen molar-refractivity contribution in [3.8, 4) is 11.5 Å². The molecule has 12 heteroatoms. The largest absolute Gasteiger partial charge is 0.493 e. The predicted octanol–water partition coefficient (Wildman–Crippen LogP) is 1.56. The van der Waals surface area contributed by atoms with E-state index < -0.39 is 65.7 Å². The Labute approximate surface area is 236 Å². The highest BCUT2D eigenvalue weighted by Crippen LogP contribution is 2.68. The number of benzene rings is 1. The summed E-state index contributed by atoms with van der Waals surface area (Å²) in [5.74, 6) is -3.32. The number of aliphatic carboxylic acids is 1. The molecule has 12 nitrogen and oxygen atoms in total. The van der Waals surface area contributed by atoms with Gasteiger partial charge in [0.15, 0.2) is 35.9 Å². The lowest BCUT2D eigenvalue weighted by Gasteiger charge is -2.61. The van der Waals surface area contributed by atoms with Crippen molar-refractivity contribution < 1.29 is 58.2 Å². The molecule has 1 aromatic carbocycles. The van der Waals surface area contributed by atoms with Gasteiger partial charge in [-0.05, 0) is 69.1 Å². The Kier molecular flexibility index (Phi) is 7.27. The molecule has 8 atom stereocenters. The molecule has 0 radical (unpaired) electrons. The molecule has 222 valence electrons. The van der Waals surface area contributed by atoms with Crippen LogP contribution in [0.15, 0.2) is 24.0 Å². The average Bonchev–Trinajstić information content (AvgIpc) is 3.27. The maximum Gasteiger partial charge on any atom is 0.347 e.